The lowest BCUT2D eigenvalue weighted by Crippen LogP contribution is -2.21. The van der Waals surface area contributed by atoms with E-state index < -0.39 is 16.7 Å². The Kier molecular flexibility index (Phi) is 5.57. The summed E-state index contributed by atoms with van der Waals surface area (Å²) >= 11 is 0. The number of nitro groups is 1. The number of furan rings is 1. The van der Waals surface area contributed by atoms with Crippen LogP contribution in [0.25, 0.3) is 22.5 Å². The Hall–Kier alpha value is -4.66. The summed E-state index contributed by atoms with van der Waals surface area (Å²) in [5, 5.41) is 14.4. The van der Waals surface area contributed by atoms with Crippen molar-refractivity contribution in [2.75, 3.05) is 0 Å². The fraction of sp³-hybridized carbons (Fsp3) is 0. The molecule has 0 atom stereocenters. The minimum absolute atomic E-state index is 0.0669. The molecule has 2 aromatic carbocycles. The van der Waals surface area contributed by atoms with Gasteiger partial charge in [0.05, 0.1) is 23.7 Å². The lowest BCUT2D eigenvalue weighted by atomic mass is 10.1. The number of carbonyl (C=O) groups is 1. The van der Waals surface area contributed by atoms with Gasteiger partial charge in [-0.3, -0.25) is 14.9 Å². The Morgan fingerprint density at radius 2 is 1.52 bits per heavy atom. The Bertz CT molecular complexity index is 1200. The third-order valence-corrected chi connectivity index (χ3v) is 4.22. The molecule has 0 unspecified atom stereocenters. The minimum Gasteiger partial charge on any atom is -0.400 e. The van der Waals surface area contributed by atoms with Crippen molar-refractivity contribution >= 4 is 18.0 Å². The maximum Gasteiger partial charge on any atom is 0.433 e. The molecule has 1 N–H and O–H groups in total. The smallest absolute Gasteiger partial charge is 0.400 e. The molecule has 0 fully saturated rings. The number of nitrogens with one attached hydrogen (secondary N) is 1. The lowest BCUT2D eigenvalue weighted by molar-refractivity contribution is -0.402. The second kappa shape index (κ2) is 8.78. The molecule has 4 aromatic rings. The lowest BCUT2D eigenvalue weighted by Gasteiger charge is -2.08. The predicted molar refractivity (Wildman–Crippen MR) is 113 cm³/mol. The van der Waals surface area contributed by atoms with Gasteiger partial charge in [0.2, 0.25) is 5.82 Å². The second-order valence-electron chi connectivity index (χ2n) is 6.33. The van der Waals surface area contributed by atoms with Gasteiger partial charge >= 0.3 is 11.8 Å². The molecule has 2 heterocycles. The van der Waals surface area contributed by atoms with Crippen LogP contribution in [0, 0.1) is 10.1 Å². The van der Waals surface area contributed by atoms with Crippen molar-refractivity contribution < 1.29 is 14.1 Å². The molecule has 0 aliphatic rings. The number of hydrazone groups is 1. The van der Waals surface area contributed by atoms with E-state index in [0.717, 1.165) is 17.3 Å². The highest BCUT2D eigenvalue weighted by molar-refractivity contribution is 5.92. The van der Waals surface area contributed by atoms with Crippen molar-refractivity contribution in [3.63, 3.8) is 0 Å². The third-order valence-electron chi connectivity index (χ3n) is 4.22. The zero-order valence-corrected chi connectivity index (χ0v) is 16.0. The van der Waals surface area contributed by atoms with Crippen molar-refractivity contribution in [3.05, 3.63) is 101 Å². The van der Waals surface area contributed by atoms with Crippen LogP contribution < -0.4 is 5.43 Å². The minimum atomic E-state index is -0.663. The summed E-state index contributed by atoms with van der Waals surface area (Å²) in [5.74, 6) is -0.995. The molecule has 0 aliphatic carbocycles. The largest absolute Gasteiger partial charge is 0.433 e. The van der Waals surface area contributed by atoms with Gasteiger partial charge in [-0.1, -0.05) is 60.7 Å². The van der Waals surface area contributed by atoms with E-state index in [2.05, 4.69) is 20.5 Å². The van der Waals surface area contributed by atoms with Gasteiger partial charge < -0.3 is 4.42 Å². The van der Waals surface area contributed by atoms with Crippen LogP contribution in [0.2, 0.25) is 0 Å². The van der Waals surface area contributed by atoms with Gasteiger partial charge in [-0.15, -0.1) is 0 Å². The number of carbonyl (C=O) groups excluding carboxylic acids is 1. The molecule has 0 aliphatic heterocycles. The SMILES string of the molecule is O=C(N/N=C/c1ccc([N+](=O)[O-])o1)c1nc(-c2ccccc2)cc(-c2ccccc2)n1. The average Bonchev–Trinajstić information content (AvgIpc) is 3.29. The first-order chi connectivity index (χ1) is 15.1. The summed E-state index contributed by atoms with van der Waals surface area (Å²) in [6.07, 6.45) is 1.16. The van der Waals surface area contributed by atoms with Gasteiger partial charge in [0.25, 0.3) is 0 Å². The third kappa shape index (κ3) is 4.67. The Labute approximate surface area is 176 Å². The summed E-state index contributed by atoms with van der Waals surface area (Å²) in [6.45, 7) is 0. The molecule has 31 heavy (non-hydrogen) atoms. The molecule has 0 saturated heterocycles. The highest BCUT2D eigenvalue weighted by atomic mass is 16.6. The summed E-state index contributed by atoms with van der Waals surface area (Å²) in [4.78, 5) is 31.4. The molecule has 2 aromatic heterocycles. The zero-order valence-electron chi connectivity index (χ0n) is 16.0. The number of aromatic nitrogens is 2. The summed E-state index contributed by atoms with van der Waals surface area (Å²) < 4.78 is 4.96. The monoisotopic (exact) mass is 413 g/mol. The van der Waals surface area contributed by atoms with E-state index in [1.165, 1.54) is 12.1 Å². The summed E-state index contributed by atoms with van der Waals surface area (Å²) in [5.41, 5.74) is 5.17. The first kappa shape index (κ1) is 19.6. The van der Waals surface area contributed by atoms with Gasteiger partial charge in [0, 0.05) is 11.1 Å². The van der Waals surface area contributed by atoms with E-state index in [1.807, 2.05) is 66.7 Å². The molecule has 0 spiro atoms. The maximum absolute atomic E-state index is 12.6. The van der Waals surface area contributed by atoms with Crippen molar-refractivity contribution in [2.45, 2.75) is 0 Å². The quantitative estimate of drug-likeness (QED) is 0.289. The summed E-state index contributed by atoms with van der Waals surface area (Å²) in [7, 11) is 0. The van der Waals surface area contributed by atoms with Gasteiger partial charge in [-0.2, -0.15) is 5.10 Å². The van der Waals surface area contributed by atoms with Gasteiger partial charge in [0.15, 0.2) is 5.76 Å². The topological polar surface area (TPSA) is 124 Å². The number of amides is 1. The van der Waals surface area contributed by atoms with Crippen LogP contribution >= 0.6 is 0 Å². The number of benzene rings is 2. The van der Waals surface area contributed by atoms with Crippen LogP contribution in [-0.2, 0) is 0 Å². The van der Waals surface area contributed by atoms with Crippen molar-refractivity contribution in [1.29, 1.82) is 0 Å². The fourth-order valence-corrected chi connectivity index (χ4v) is 2.78. The Balaban J connectivity index is 1.62. The van der Waals surface area contributed by atoms with Crippen molar-refractivity contribution in [3.8, 4) is 22.5 Å². The standard InChI is InChI=1S/C22H15N5O4/c28-22(26-23-14-17-11-12-20(31-17)27(29)30)21-24-18(15-7-3-1-4-8-15)13-19(25-21)16-9-5-2-6-10-16/h1-14H,(H,26,28)/b23-14+. The van der Waals surface area contributed by atoms with Crippen LogP contribution in [-0.4, -0.2) is 27.0 Å². The average molecular weight is 413 g/mol. The highest BCUT2D eigenvalue weighted by Gasteiger charge is 2.15. The van der Waals surface area contributed by atoms with Crippen LogP contribution in [0.4, 0.5) is 5.88 Å². The van der Waals surface area contributed by atoms with E-state index in [4.69, 9.17) is 4.42 Å². The van der Waals surface area contributed by atoms with E-state index in [-0.39, 0.29) is 11.6 Å². The number of hydrogen-bond acceptors (Lipinski definition) is 7. The van der Waals surface area contributed by atoms with Crippen LogP contribution in [0.5, 0.6) is 0 Å². The molecule has 1 amide bonds. The van der Waals surface area contributed by atoms with E-state index in [1.54, 1.807) is 0 Å². The van der Waals surface area contributed by atoms with E-state index >= 15 is 0 Å². The molecular weight excluding hydrogens is 398 g/mol. The van der Waals surface area contributed by atoms with E-state index in [9.17, 15) is 14.9 Å². The first-order valence-electron chi connectivity index (χ1n) is 9.18. The molecule has 4 rings (SSSR count). The second-order valence-corrected chi connectivity index (χ2v) is 6.33. The Morgan fingerprint density at radius 1 is 0.935 bits per heavy atom. The number of nitrogens with zero attached hydrogens (tertiary/aromatic N) is 4. The highest BCUT2D eigenvalue weighted by Crippen LogP contribution is 2.23. The first-order valence-corrected chi connectivity index (χ1v) is 9.18. The molecular formula is C22H15N5O4. The Morgan fingerprint density at radius 3 is 2.03 bits per heavy atom. The van der Waals surface area contributed by atoms with Crippen LogP contribution in [0.15, 0.2) is 88.4 Å². The molecule has 9 nitrogen and oxygen atoms in total. The maximum atomic E-state index is 12.6. The summed E-state index contributed by atoms with van der Waals surface area (Å²) in [6, 6.07) is 23.2. The van der Waals surface area contributed by atoms with E-state index in [0.29, 0.717) is 11.4 Å². The molecule has 0 bridgehead atoms. The molecule has 0 saturated carbocycles. The fourth-order valence-electron chi connectivity index (χ4n) is 2.78. The van der Waals surface area contributed by atoms with Gasteiger partial charge in [0.1, 0.15) is 4.92 Å². The van der Waals surface area contributed by atoms with Crippen LogP contribution in [0.1, 0.15) is 16.4 Å². The van der Waals surface area contributed by atoms with Crippen molar-refractivity contribution in [2.24, 2.45) is 5.10 Å². The van der Waals surface area contributed by atoms with Gasteiger partial charge in [-0.05, 0) is 12.1 Å². The zero-order chi connectivity index (χ0) is 21.6. The molecule has 9 heteroatoms. The van der Waals surface area contributed by atoms with Crippen LogP contribution in [0.3, 0.4) is 0 Å². The number of rotatable bonds is 6. The number of hydrogen-bond donors (Lipinski definition) is 1. The molecule has 0 radical (unpaired) electrons. The normalized spacial score (nSPS) is 10.8. The predicted octanol–water partition coefficient (Wildman–Crippen LogP) is 4.08. The molecule has 152 valence electrons. The van der Waals surface area contributed by atoms with Gasteiger partial charge in [-0.25, -0.2) is 15.4 Å². The van der Waals surface area contributed by atoms with Crippen molar-refractivity contribution in [1.82, 2.24) is 15.4 Å².